The molecular weight excluding hydrogens is 416 g/mol. The third-order valence-electron chi connectivity index (χ3n) is 6.47. The lowest BCUT2D eigenvalue weighted by Crippen LogP contribution is -2.42. The Kier molecular flexibility index (Phi) is 5.91. The number of hydrogen-bond acceptors (Lipinski definition) is 5. The normalized spacial score (nSPS) is 23.9. The molecule has 0 aliphatic carbocycles. The van der Waals surface area contributed by atoms with Gasteiger partial charge in [0.1, 0.15) is 12.7 Å². The van der Waals surface area contributed by atoms with Gasteiger partial charge in [-0.1, -0.05) is 17.7 Å². The van der Waals surface area contributed by atoms with E-state index in [4.69, 9.17) is 26.2 Å². The second-order valence-electron chi connectivity index (χ2n) is 8.86. The van der Waals surface area contributed by atoms with Crippen LogP contribution in [0.4, 0.5) is 4.79 Å². The van der Waals surface area contributed by atoms with Crippen LogP contribution in [0.1, 0.15) is 47.9 Å². The predicted octanol–water partition coefficient (Wildman–Crippen LogP) is 3.92. The van der Waals surface area contributed by atoms with E-state index < -0.39 is 0 Å². The van der Waals surface area contributed by atoms with E-state index in [0.717, 1.165) is 55.2 Å². The summed E-state index contributed by atoms with van der Waals surface area (Å²) in [5, 5.41) is 5.48. The first kappa shape index (κ1) is 20.8. The maximum atomic E-state index is 12.7. The highest BCUT2D eigenvalue weighted by Gasteiger charge is 2.34. The Labute approximate surface area is 187 Å². The Morgan fingerprint density at radius 1 is 1.23 bits per heavy atom. The zero-order valence-corrected chi connectivity index (χ0v) is 18.7. The first-order valence-corrected chi connectivity index (χ1v) is 11.5. The molecule has 0 saturated carbocycles. The largest absolute Gasteiger partial charge is 0.445 e. The lowest BCUT2D eigenvalue weighted by atomic mass is 10.1. The standard InChI is InChI=1S/C23H29ClN4O3/c1-16-8-17(10-18(24)9-16)14-31-23(29)27-6-3-7-28-20(12-27)11-21(25-28)22-13-26-5-2-4-19(26)15-30-22/h8-11,19,22H,2-7,12-15H2,1H3/t19-,22?/m1/s1. The molecule has 1 aromatic heterocycles. The molecule has 0 spiro atoms. The molecule has 2 atom stereocenters. The van der Waals surface area contributed by atoms with Crippen LogP contribution in [0.5, 0.6) is 0 Å². The van der Waals surface area contributed by atoms with Gasteiger partial charge in [0.15, 0.2) is 0 Å². The third kappa shape index (κ3) is 4.59. The number of aryl methyl sites for hydroxylation is 2. The minimum atomic E-state index is -0.303. The van der Waals surface area contributed by atoms with E-state index in [1.165, 1.54) is 12.8 Å². The minimum absolute atomic E-state index is 0.0141. The van der Waals surface area contributed by atoms with E-state index in [0.29, 0.717) is 24.2 Å². The van der Waals surface area contributed by atoms with Crippen molar-refractivity contribution in [2.45, 2.75) is 58.0 Å². The average molecular weight is 445 g/mol. The van der Waals surface area contributed by atoms with E-state index in [9.17, 15) is 4.79 Å². The van der Waals surface area contributed by atoms with Gasteiger partial charge in [-0.15, -0.1) is 0 Å². The SMILES string of the molecule is Cc1cc(Cl)cc(COC(=O)N2CCCn3nc(C4CN5CCC[C@@H]5CO4)cc3C2)c1. The van der Waals surface area contributed by atoms with Crippen molar-refractivity contribution in [3.8, 4) is 0 Å². The fourth-order valence-corrected chi connectivity index (χ4v) is 5.24. The van der Waals surface area contributed by atoms with Gasteiger partial charge in [-0.3, -0.25) is 9.58 Å². The van der Waals surface area contributed by atoms with Crippen LogP contribution < -0.4 is 0 Å². The molecule has 2 saturated heterocycles. The minimum Gasteiger partial charge on any atom is -0.445 e. The summed E-state index contributed by atoms with van der Waals surface area (Å²) in [5.41, 5.74) is 3.96. The number of fused-ring (bicyclic) bond motifs is 2. The van der Waals surface area contributed by atoms with E-state index >= 15 is 0 Å². The highest BCUT2D eigenvalue weighted by molar-refractivity contribution is 6.30. The highest BCUT2D eigenvalue weighted by Crippen LogP contribution is 2.30. The van der Waals surface area contributed by atoms with Gasteiger partial charge in [-0.2, -0.15) is 5.10 Å². The van der Waals surface area contributed by atoms with Crippen LogP contribution in [0.15, 0.2) is 24.3 Å². The maximum absolute atomic E-state index is 12.7. The van der Waals surface area contributed by atoms with Gasteiger partial charge in [0.25, 0.3) is 0 Å². The summed E-state index contributed by atoms with van der Waals surface area (Å²) in [7, 11) is 0. The number of rotatable bonds is 3. The Bertz CT molecular complexity index is 942. The molecule has 1 unspecified atom stereocenters. The van der Waals surface area contributed by atoms with Gasteiger partial charge >= 0.3 is 6.09 Å². The number of nitrogens with zero attached hydrogens (tertiary/aromatic N) is 4. The quantitative estimate of drug-likeness (QED) is 0.718. The van der Waals surface area contributed by atoms with Crippen LogP contribution in [0.25, 0.3) is 0 Å². The fraction of sp³-hybridized carbons (Fsp3) is 0.565. The van der Waals surface area contributed by atoms with Crippen molar-refractivity contribution >= 4 is 17.7 Å². The maximum Gasteiger partial charge on any atom is 0.410 e. The number of carbonyl (C=O) groups excluding carboxylic acids is 1. The van der Waals surface area contributed by atoms with Crippen LogP contribution in [0, 0.1) is 6.92 Å². The molecule has 1 amide bonds. The molecule has 0 radical (unpaired) electrons. The van der Waals surface area contributed by atoms with Crippen molar-refractivity contribution in [2.75, 3.05) is 26.2 Å². The summed E-state index contributed by atoms with van der Waals surface area (Å²) < 4.78 is 13.8. The molecule has 0 N–H and O–H groups in total. The number of halogens is 1. The molecule has 7 nitrogen and oxygen atoms in total. The zero-order valence-electron chi connectivity index (χ0n) is 17.9. The molecule has 8 heteroatoms. The third-order valence-corrected chi connectivity index (χ3v) is 6.69. The molecule has 1 aromatic carbocycles. The molecule has 2 aromatic rings. The zero-order chi connectivity index (χ0) is 21.4. The van der Waals surface area contributed by atoms with Gasteiger partial charge in [0, 0.05) is 30.7 Å². The summed E-state index contributed by atoms with van der Waals surface area (Å²) in [6.07, 6.45) is 3.05. The van der Waals surface area contributed by atoms with Crippen molar-refractivity contribution in [1.29, 1.82) is 0 Å². The molecule has 4 heterocycles. The summed E-state index contributed by atoms with van der Waals surface area (Å²) in [6.45, 7) is 7.00. The van der Waals surface area contributed by atoms with Crippen LogP contribution >= 0.6 is 11.6 Å². The van der Waals surface area contributed by atoms with Crippen molar-refractivity contribution in [1.82, 2.24) is 19.6 Å². The van der Waals surface area contributed by atoms with Crippen LogP contribution in [0.3, 0.4) is 0 Å². The van der Waals surface area contributed by atoms with E-state index in [-0.39, 0.29) is 18.8 Å². The first-order valence-electron chi connectivity index (χ1n) is 11.2. The Morgan fingerprint density at radius 2 is 2.13 bits per heavy atom. The molecule has 0 bridgehead atoms. The molecule has 3 aliphatic heterocycles. The fourth-order valence-electron chi connectivity index (χ4n) is 4.93. The van der Waals surface area contributed by atoms with Crippen molar-refractivity contribution in [3.63, 3.8) is 0 Å². The Balaban J connectivity index is 1.23. The lowest BCUT2D eigenvalue weighted by Gasteiger charge is -2.34. The van der Waals surface area contributed by atoms with E-state index in [1.807, 2.05) is 29.8 Å². The molecular formula is C23H29ClN4O3. The molecule has 2 fully saturated rings. The second-order valence-corrected chi connectivity index (χ2v) is 9.30. The second kappa shape index (κ2) is 8.81. The van der Waals surface area contributed by atoms with E-state index in [1.54, 1.807) is 4.90 Å². The van der Waals surface area contributed by atoms with Crippen molar-refractivity contribution < 1.29 is 14.3 Å². The number of hydrogen-bond donors (Lipinski definition) is 0. The van der Waals surface area contributed by atoms with Crippen LogP contribution in [-0.4, -0.2) is 58.0 Å². The summed E-state index contributed by atoms with van der Waals surface area (Å²) in [5.74, 6) is 0. The molecule has 31 heavy (non-hydrogen) atoms. The number of amides is 1. The average Bonchev–Trinajstić information content (AvgIpc) is 3.32. The van der Waals surface area contributed by atoms with Gasteiger partial charge in [0.05, 0.1) is 24.5 Å². The summed E-state index contributed by atoms with van der Waals surface area (Å²) in [6, 6.07) is 8.39. The Morgan fingerprint density at radius 3 is 3.00 bits per heavy atom. The van der Waals surface area contributed by atoms with E-state index in [2.05, 4.69) is 11.0 Å². The smallest absolute Gasteiger partial charge is 0.410 e. The van der Waals surface area contributed by atoms with Gasteiger partial charge < -0.3 is 14.4 Å². The van der Waals surface area contributed by atoms with Crippen LogP contribution in [-0.2, 0) is 29.2 Å². The summed E-state index contributed by atoms with van der Waals surface area (Å²) >= 11 is 6.11. The molecule has 5 rings (SSSR count). The van der Waals surface area contributed by atoms with Gasteiger partial charge in [-0.05, 0) is 62.1 Å². The van der Waals surface area contributed by atoms with Crippen molar-refractivity contribution in [2.24, 2.45) is 0 Å². The Hall–Kier alpha value is -2.09. The number of ether oxygens (including phenoxy) is 2. The summed E-state index contributed by atoms with van der Waals surface area (Å²) in [4.78, 5) is 17.0. The number of morpholine rings is 1. The van der Waals surface area contributed by atoms with Crippen LogP contribution in [0.2, 0.25) is 5.02 Å². The van der Waals surface area contributed by atoms with Gasteiger partial charge in [0.2, 0.25) is 0 Å². The number of carbonyl (C=O) groups is 1. The number of benzene rings is 1. The predicted molar refractivity (Wildman–Crippen MR) is 117 cm³/mol. The lowest BCUT2D eigenvalue weighted by molar-refractivity contribution is -0.0523. The highest BCUT2D eigenvalue weighted by atomic mass is 35.5. The number of aromatic nitrogens is 2. The van der Waals surface area contributed by atoms with Crippen molar-refractivity contribution in [3.05, 3.63) is 51.8 Å². The molecule has 3 aliphatic rings. The first-order chi connectivity index (χ1) is 15.0. The monoisotopic (exact) mass is 444 g/mol. The topological polar surface area (TPSA) is 59.8 Å². The molecule has 166 valence electrons. The van der Waals surface area contributed by atoms with Gasteiger partial charge in [-0.25, -0.2) is 4.79 Å².